The van der Waals surface area contributed by atoms with Gasteiger partial charge in [0.05, 0.1) is 31.4 Å². The maximum absolute atomic E-state index is 13.5. The van der Waals surface area contributed by atoms with Crippen LogP contribution in [-0.4, -0.2) is 59.4 Å². The number of benzene rings is 1. The lowest BCUT2D eigenvalue weighted by molar-refractivity contribution is -0.138. The van der Waals surface area contributed by atoms with Crippen LogP contribution < -0.4 is 26.7 Å². The third-order valence-electron chi connectivity index (χ3n) is 5.34. The zero-order valence-corrected chi connectivity index (χ0v) is 17.8. The topological polar surface area (TPSA) is 130 Å². The van der Waals surface area contributed by atoms with Gasteiger partial charge in [-0.3, -0.25) is 9.80 Å². The number of alkyl halides is 3. The fourth-order valence-electron chi connectivity index (χ4n) is 3.71. The molecule has 0 aromatic heterocycles. The number of hydrogen-bond donors (Lipinski definition) is 7. The molecule has 7 N–H and O–H groups in total. The zero-order chi connectivity index (χ0) is 24.3. The minimum Gasteiger partial charge on any atom is -0.394 e. The summed E-state index contributed by atoms with van der Waals surface area (Å²) in [5.74, 6) is -0.215. The zero-order valence-electron chi connectivity index (χ0n) is 17.8. The van der Waals surface area contributed by atoms with Crippen molar-refractivity contribution in [2.75, 3.05) is 19.8 Å². The summed E-state index contributed by atoms with van der Waals surface area (Å²) in [6.45, 7) is -0.172. The van der Waals surface area contributed by atoms with Gasteiger partial charge >= 0.3 is 6.18 Å². The number of halogens is 3. The molecule has 0 saturated carbocycles. The van der Waals surface area contributed by atoms with Crippen LogP contribution in [0.1, 0.15) is 17.2 Å². The molecule has 1 aromatic carbocycles. The van der Waals surface area contributed by atoms with Crippen LogP contribution in [-0.2, 0) is 15.7 Å². The van der Waals surface area contributed by atoms with Gasteiger partial charge in [0.2, 0.25) is 0 Å². The summed E-state index contributed by atoms with van der Waals surface area (Å²) >= 11 is 0. The van der Waals surface area contributed by atoms with Crippen molar-refractivity contribution in [1.29, 1.82) is 0 Å². The molecule has 1 amide bonds. The number of hydrogen-bond acceptors (Lipinski definition) is 9. The van der Waals surface area contributed by atoms with Crippen molar-refractivity contribution in [3.8, 4) is 0 Å². The number of nitrogens with zero attached hydrogens (tertiary/aromatic N) is 1. The van der Waals surface area contributed by atoms with E-state index >= 15 is 0 Å². The third-order valence-corrected chi connectivity index (χ3v) is 5.34. The molecule has 13 heteroatoms. The van der Waals surface area contributed by atoms with Crippen LogP contribution in [0.2, 0.25) is 0 Å². The van der Waals surface area contributed by atoms with Gasteiger partial charge in [-0.05, 0) is 17.7 Å². The van der Waals surface area contributed by atoms with E-state index in [0.29, 0.717) is 12.4 Å². The van der Waals surface area contributed by atoms with Crippen molar-refractivity contribution in [3.63, 3.8) is 0 Å². The van der Waals surface area contributed by atoms with Gasteiger partial charge in [-0.25, -0.2) is 5.43 Å². The molecular weight excluding hydrogens is 457 g/mol. The average molecular weight is 482 g/mol. The van der Waals surface area contributed by atoms with Crippen LogP contribution in [0.5, 0.6) is 0 Å². The first kappa shape index (κ1) is 23.9. The Labute approximate surface area is 193 Å². The smallest absolute Gasteiger partial charge is 0.394 e. The highest BCUT2D eigenvalue weighted by Crippen LogP contribution is 2.36. The fourth-order valence-corrected chi connectivity index (χ4v) is 3.71. The molecule has 0 radical (unpaired) electrons. The minimum atomic E-state index is -4.51. The van der Waals surface area contributed by atoms with Crippen LogP contribution in [0.4, 0.5) is 13.2 Å². The molecule has 1 aromatic rings. The number of aliphatic hydroxyl groups is 2. The fraction of sp³-hybridized carbons (Fsp3) is 0.381. The van der Waals surface area contributed by atoms with Crippen LogP contribution in [0.25, 0.3) is 0 Å². The van der Waals surface area contributed by atoms with Crippen LogP contribution in [0.15, 0.2) is 60.3 Å². The number of nitrogens with one attached hydrogen (secondary N) is 5. The molecule has 3 heterocycles. The molecule has 4 rings (SSSR count). The first-order chi connectivity index (χ1) is 16.3. The molecule has 3 aliphatic rings. The lowest BCUT2D eigenvalue weighted by atomic mass is 9.99. The molecule has 3 unspecified atom stereocenters. The second kappa shape index (κ2) is 9.93. The second-order valence-corrected chi connectivity index (χ2v) is 7.81. The summed E-state index contributed by atoms with van der Waals surface area (Å²) in [5, 5.41) is 31.3. The molecule has 4 atom stereocenters. The summed E-state index contributed by atoms with van der Waals surface area (Å²) in [4.78, 5) is 12.9. The number of rotatable bonds is 7. The van der Waals surface area contributed by atoms with E-state index in [-0.39, 0.29) is 17.9 Å². The van der Waals surface area contributed by atoms with Gasteiger partial charge in [0.15, 0.2) is 0 Å². The Morgan fingerprint density at radius 2 is 2.06 bits per heavy atom. The van der Waals surface area contributed by atoms with E-state index in [1.807, 2.05) is 0 Å². The number of carbonyl (C=O) groups is 1. The Morgan fingerprint density at radius 1 is 1.26 bits per heavy atom. The Balaban J connectivity index is 1.41. The highest BCUT2D eigenvalue weighted by Gasteiger charge is 2.38. The monoisotopic (exact) mass is 482 g/mol. The Hall–Kier alpha value is -3.26. The summed E-state index contributed by atoms with van der Waals surface area (Å²) in [5.41, 5.74) is 2.45. The average Bonchev–Trinajstić information content (AvgIpc) is 3.25. The van der Waals surface area contributed by atoms with Gasteiger partial charge in [-0.15, -0.1) is 0 Å². The number of hydrazine groups is 1. The number of amides is 1. The Morgan fingerprint density at radius 3 is 2.82 bits per heavy atom. The van der Waals surface area contributed by atoms with Crippen LogP contribution >= 0.6 is 0 Å². The summed E-state index contributed by atoms with van der Waals surface area (Å²) in [7, 11) is 0. The maximum Gasteiger partial charge on any atom is 0.416 e. The highest BCUT2D eigenvalue weighted by atomic mass is 19.4. The molecule has 0 spiro atoms. The van der Waals surface area contributed by atoms with Crippen molar-refractivity contribution in [3.05, 3.63) is 71.5 Å². The number of fused-ring (bicyclic) bond motifs is 1. The Kier molecular flexibility index (Phi) is 6.97. The van der Waals surface area contributed by atoms with Crippen molar-refractivity contribution in [2.45, 2.75) is 30.7 Å². The summed E-state index contributed by atoms with van der Waals surface area (Å²) < 4.78 is 45.9. The number of aliphatic hydroxyl groups excluding tert-OH is 2. The molecule has 10 nitrogen and oxygen atoms in total. The highest BCUT2D eigenvalue weighted by molar-refractivity contribution is 5.94. The lowest BCUT2D eigenvalue weighted by Gasteiger charge is -2.35. The predicted octanol–water partition coefficient (Wildman–Crippen LogP) is -0.303. The van der Waals surface area contributed by atoms with Gasteiger partial charge < -0.3 is 36.2 Å². The first-order valence-electron chi connectivity index (χ1n) is 10.5. The van der Waals surface area contributed by atoms with Crippen molar-refractivity contribution >= 4 is 5.91 Å². The van der Waals surface area contributed by atoms with Crippen molar-refractivity contribution in [2.24, 2.45) is 0 Å². The quantitative estimate of drug-likeness (QED) is 0.262. The molecular formula is C21H25F3N6O4. The molecule has 0 fully saturated rings. The third kappa shape index (κ3) is 5.28. The first-order valence-corrected chi connectivity index (χ1v) is 10.5. The number of ether oxygens (including phenoxy) is 1. The molecule has 0 bridgehead atoms. The maximum atomic E-state index is 13.5. The summed E-state index contributed by atoms with van der Waals surface area (Å²) in [6, 6.07) is 4.49. The van der Waals surface area contributed by atoms with Crippen LogP contribution in [0, 0.1) is 0 Å². The van der Waals surface area contributed by atoms with Crippen LogP contribution in [0.3, 0.4) is 0 Å². The molecule has 184 valence electrons. The largest absolute Gasteiger partial charge is 0.416 e. The Bertz CT molecular complexity index is 999. The van der Waals surface area contributed by atoms with Gasteiger partial charge in [0.1, 0.15) is 30.0 Å². The van der Waals surface area contributed by atoms with Gasteiger partial charge in [-0.2, -0.15) is 13.2 Å². The van der Waals surface area contributed by atoms with E-state index in [1.54, 1.807) is 12.2 Å². The normalized spacial score (nSPS) is 24.7. The van der Waals surface area contributed by atoms with Crippen molar-refractivity contribution in [1.82, 2.24) is 31.7 Å². The predicted molar refractivity (Wildman–Crippen MR) is 114 cm³/mol. The van der Waals surface area contributed by atoms with E-state index < -0.39 is 48.8 Å². The van der Waals surface area contributed by atoms with E-state index in [9.17, 15) is 23.1 Å². The standard InChI is InChI=1S/C21H25F3N6O4/c22-21(23,24)14-4-2-1-3-13(14)15-5-6-18-26-7-16(30(18)29-15)20(33)28-17-8-25-9-19(27-17)34-11-12(32)10-31/h1-8,12,15,18-19,25-27,29,31-32H,9-11H2,(H,28,33)/t12-,15?,18?,19?/m1/s1. The number of carbonyl (C=O) groups excluding carboxylic acids is 1. The molecule has 3 aliphatic heterocycles. The second-order valence-electron chi connectivity index (χ2n) is 7.81. The van der Waals surface area contributed by atoms with Gasteiger partial charge in [0, 0.05) is 12.4 Å². The minimum absolute atomic E-state index is 0.0438. The van der Waals surface area contributed by atoms with E-state index in [4.69, 9.17) is 9.84 Å². The molecule has 0 saturated heterocycles. The van der Waals surface area contributed by atoms with Gasteiger partial charge in [-0.1, -0.05) is 24.3 Å². The van der Waals surface area contributed by atoms with E-state index in [2.05, 4.69) is 26.7 Å². The SMILES string of the molecule is O=C(NC1=CNCC(OC[C@H](O)CO)N1)C1=CNC2C=CC(c3ccccc3C(F)(F)F)NN12. The van der Waals surface area contributed by atoms with Gasteiger partial charge in [0.25, 0.3) is 5.91 Å². The van der Waals surface area contributed by atoms with E-state index in [1.165, 1.54) is 35.6 Å². The molecule has 34 heavy (non-hydrogen) atoms. The molecule has 0 aliphatic carbocycles. The summed E-state index contributed by atoms with van der Waals surface area (Å²) in [6.07, 6.45) is -0.246. The van der Waals surface area contributed by atoms with Crippen molar-refractivity contribution < 1.29 is 32.9 Å². The lowest BCUT2D eigenvalue weighted by Crippen LogP contribution is -2.53. The van der Waals surface area contributed by atoms with E-state index in [0.717, 1.165) is 6.07 Å².